The largest absolute Gasteiger partial charge is 0.355 e. The molecule has 1 saturated heterocycles. The minimum absolute atomic E-state index is 0.306. The monoisotopic (exact) mass is 218 g/mol. The number of aryl methyl sites for hydroxylation is 1. The SMILES string of the molecule is Cn1cc(C#N)c(N2CCCCC2)nc1=O. The van der Waals surface area contributed by atoms with E-state index in [0.717, 1.165) is 25.9 Å². The predicted molar refractivity (Wildman–Crippen MR) is 60.3 cm³/mol. The average Bonchev–Trinajstić information content (AvgIpc) is 2.33. The second-order valence-electron chi connectivity index (χ2n) is 4.03. The molecular formula is C11H14N4O. The molecule has 1 aliphatic heterocycles. The molecule has 1 aromatic heterocycles. The summed E-state index contributed by atoms with van der Waals surface area (Å²) in [4.78, 5) is 17.5. The van der Waals surface area contributed by atoms with Crippen molar-refractivity contribution in [3.8, 4) is 6.07 Å². The van der Waals surface area contributed by atoms with Crippen LogP contribution in [0.1, 0.15) is 24.8 Å². The number of anilines is 1. The lowest BCUT2D eigenvalue weighted by atomic mass is 10.1. The fourth-order valence-corrected chi connectivity index (χ4v) is 1.96. The van der Waals surface area contributed by atoms with E-state index in [-0.39, 0.29) is 5.69 Å². The van der Waals surface area contributed by atoms with Crippen molar-refractivity contribution < 1.29 is 0 Å². The van der Waals surface area contributed by atoms with Crippen LogP contribution in [0.15, 0.2) is 11.0 Å². The summed E-state index contributed by atoms with van der Waals surface area (Å²) in [6.45, 7) is 1.77. The number of aromatic nitrogens is 2. The van der Waals surface area contributed by atoms with Crippen molar-refractivity contribution in [3.05, 3.63) is 22.2 Å². The molecule has 5 nitrogen and oxygen atoms in total. The van der Waals surface area contributed by atoms with Crippen LogP contribution in [0.4, 0.5) is 5.82 Å². The van der Waals surface area contributed by atoms with Gasteiger partial charge in [0.2, 0.25) is 0 Å². The molecule has 0 aliphatic carbocycles. The van der Waals surface area contributed by atoms with E-state index in [2.05, 4.69) is 11.1 Å². The lowest BCUT2D eigenvalue weighted by Crippen LogP contribution is -2.34. The van der Waals surface area contributed by atoms with E-state index in [1.807, 2.05) is 4.90 Å². The summed E-state index contributed by atoms with van der Waals surface area (Å²) in [5.74, 6) is 0.547. The first-order valence-corrected chi connectivity index (χ1v) is 5.45. The molecule has 16 heavy (non-hydrogen) atoms. The molecule has 2 rings (SSSR count). The minimum atomic E-state index is -0.306. The number of nitriles is 1. The number of hydrogen-bond acceptors (Lipinski definition) is 4. The van der Waals surface area contributed by atoms with E-state index >= 15 is 0 Å². The summed E-state index contributed by atoms with van der Waals surface area (Å²) in [6.07, 6.45) is 4.96. The Morgan fingerprint density at radius 3 is 2.69 bits per heavy atom. The summed E-state index contributed by atoms with van der Waals surface area (Å²) < 4.78 is 1.34. The molecule has 1 aliphatic rings. The maximum Gasteiger partial charge on any atom is 0.349 e. The van der Waals surface area contributed by atoms with Crippen molar-refractivity contribution >= 4 is 5.82 Å². The van der Waals surface area contributed by atoms with Crippen molar-refractivity contribution in [1.82, 2.24) is 9.55 Å². The molecule has 0 aromatic carbocycles. The zero-order valence-electron chi connectivity index (χ0n) is 9.31. The number of nitrogens with zero attached hydrogens (tertiary/aromatic N) is 4. The Morgan fingerprint density at radius 2 is 2.06 bits per heavy atom. The third-order valence-electron chi connectivity index (χ3n) is 2.84. The number of rotatable bonds is 1. The van der Waals surface area contributed by atoms with Gasteiger partial charge in [0.15, 0.2) is 5.82 Å². The first kappa shape index (κ1) is 10.7. The first-order chi connectivity index (χ1) is 7.72. The molecule has 0 saturated carbocycles. The lowest BCUT2D eigenvalue weighted by Gasteiger charge is -2.28. The Hall–Kier alpha value is -1.83. The zero-order valence-corrected chi connectivity index (χ0v) is 9.31. The Balaban J connectivity index is 2.42. The van der Waals surface area contributed by atoms with Gasteiger partial charge in [-0.2, -0.15) is 10.2 Å². The van der Waals surface area contributed by atoms with Gasteiger partial charge < -0.3 is 9.47 Å². The van der Waals surface area contributed by atoms with Crippen molar-refractivity contribution in [2.24, 2.45) is 7.05 Å². The molecule has 84 valence electrons. The van der Waals surface area contributed by atoms with Crippen LogP contribution in [0.5, 0.6) is 0 Å². The van der Waals surface area contributed by atoms with Crippen LogP contribution in [0.2, 0.25) is 0 Å². The van der Waals surface area contributed by atoms with Gasteiger partial charge in [-0.05, 0) is 19.3 Å². The first-order valence-electron chi connectivity index (χ1n) is 5.45. The smallest absolute Gasteiger partial charge is 0.349 e. The third-order valence-corrected chi connectivity index (χ3v) is 2.84. The normalized spacial score (nSPS) is 15.9. The van der Waals surface area contributed by atoms with Gasteiger partial charge in [0.05, 0.1) is 0 Å². The molecule has 0 atom stereocenters. The Kier molecular flexibility index (Phi) is 2.91. The van der Waals surface area contributed by atoms with Crippen LogP contribution in [-0.4, -0.2) is 22.6 Å². The van der Waals surface area contributed by atoms with Crippen LogP contribution in [0.25, 0.3) is 0 Å². The third kappa shape index (κ3) is 1.91. The van der Waals surface area contributed by atoms with Crippen LogP contribution in [0, 0.1) is 11.3 Å². The van der Waals surface area contributed by atoms with Gasteiger partial charge in [0, 0.05) is 26.3 Å². The maximum absolute atomic E-state index is 11.5. The summed E-state index contributed by atoms with van der Waals surface area (Å²) in [5.41, 5.74) is 0.170. The quantitative estimate of drug-likeness (QED) is 0.694. The van der Waals surface area contributed by atoms with Crippen molar-refractivity contribution in [2.45, 2.75) is 19.3 Å². The lowest BCUT2D eigenvalue weighted by molar-refractivity contribution is 0.570. The highest BCUT2D eigenvalue weighted by molar-refractivity contribution is 5.52. The zero-order chi connectivity index (χ0) is 11.5. The molecule has 0 bridgehead atoms. The topological polar surface area (TPSA) is 61.9 Å². The molecule has 1 fully saturated rings. The molecular weight excluding hydrogens is 204 g/mol. The Labute approximate surface area is 93.9 Å². The van der Waals surface area contributed by atoms with Crippen molar-refractivity contribution in [2.75, 3.05) is 18.0 Å². The summed E-state index contributed by atoms with van der Waals surface area (Å²) in [7, 11) is 1.61. The van der Waals surface area contributed by atoms with Crippen molar-refractivity contribution in [1.29, 1.82) is 5.26 Å². The highest BCUT2D eigenvalue weighted by atomic mass is 16.1. The van der Waals surface area contributed by atoms with E-state index in [9.17, 15) is 4.79 Å². The van der Waals surface area contributed by atoms with Gasteiger partial charge in [0.25, 0.3) is 0 Å². The second-order valence-corrected chi connectivity index (χ2v) is 4.03. The van der Waals surface area contributed by atoms with Crippen LogP contribution in [0.3, 0.4) is 0 Å². The van der Waals surface area contributed by atoms with Gasteiger partial charge in [-0.25, -0.2) is 4.79 Å². The molecule has 0 spiro atoms. The van der Waals surface area contributed by atoms with E-state index in [4.69, 9.17) is 5.26 Å². The Morgan fingerprint density at radius 1 is 1.38 bits per heavy atom. The van der Waals surface area contributed by atoms with Crippen LogP contribution in [-0.2, 0) is 7.05 Å². The van der Waals surface area contributed by atoms with Gasteiger partial charge in [-0.15, -0.1) is 0 Å². The van der Waals surface area contributed by atoms with E-state index in [1.165, 1.54) is 11.0 Å². The fraction of sp³-hybridized carbons (Fsp3) is 0.545. The summed E-state index contributed by atoms with van der Waals surface area (Å²) in [5, 5.41) is 9.03. The highest BCUT2D eigenvalue weighted by Crippen LogP contribution is 2.19. The molecule has 2 heterocycles. The summed E-state index contributed by atoms with van der Waals surface area (Å²) in [6, 6.07) is 2.10. The van der Waals surface area contributed by atoms with Crippen LogP contribution < -0.4 is 10.6 Å². The average molecular weight is 218 g/mol. The van der Waals surface area contributed by atoms with Crippen molar-refractivity contribution in [3.63, 3.8) is 0 Å². The molecule has 0 radical (unpaired) electrons. The van der Waals surface area contributed by atoms with E-state index < -0.39 is 0 Å². The standard InChI is InChI=1S/C11H14N4O/c1-14-8-9(7-12)10(13-11(14)16)15-5-3-2-4-6-15/h8H,2-6H2,1H3. The van der Waals surface area contributed by atoms with Gasteiger partial charge in [-0.3, -0.25) is 0 Å². The predicted octanol–water partition coefficient (Wildman–Crippen LogP) is 0.642. The van der Waals surface area contributed by atoms with E-state index in [0.29, 0.717) is 11.4 Å². The molecule has 1 aromatic rings. The molecule has 0 unspecified atom stereocenters. The van der Waals surface area contributed by atoms with Gasteiger partial charge in [0.1, 0.15) is 11.6 Å². The van der Waals surface area contributed by atoms with E-state index in [1.54, 1.807) is 13.2 Å². The Bertz CT molecular complexity index is 480. The highest BCUT2D eigenvalue weighted by Gasteiger charge is 2.17. The molecule has 0 amide bonds. The van der Waals surface area contributed by atoms with Gasteiger partial charge in [-0.1, -0.05) is 0 Å². The van der Waals surface area contributed by atoms with Gasteiger partial charge >= 0.3 is 5.69 Å². The minimum Gasteiger partial charge on any atom is -0.355 e. The van der Waals surface area contributed by atoms with Crippen LogP contribution >= 0.6 is 0 Å². The number of piperidine rings is 1. The molecule has 0 N–H and O–H groups in total. The second kappa shape index (κ2) is 4.35. The number of hydrogen-bond donors (Lipinski definition) is 0. The maximum atomic E-state index is 11.5. The molecule has 5 heteroatoms. The fourth-order valence-electron chi connectivity index (χ4n) is 1.96. The summed E-state index contributed by atoms with van der Waals surface area (Å²) >= 11 is 0.